The fraction of sp³-hybridized carbons (Fsp3) is 0.250. The van der Waals surface area contributed by atoms with Crippen LogP contribution in [0.25, 0.3) is 10.2 Å². The van der Waals surface area contributed by atoms with Crippen LogP contribution in [-0.4, -0.2) is 15.4 Å². The van der Waals surface area contributed by atoms with Gasteiger partial charge in [-0.2, -0.15) is 0 Å². The highest BCUT2D eigenvalue weighted by molar-refractivity contribution is 7.17. The van der Waals surface area contributed by atoms with E-state index in [-0.39, 0.29) is 18.0 Å². The molecule has 2 aromatic heterocycles. The van der Waals surface area contributed by atoms with Crippen molar-refractivity contribution in [3.05, 3.63) is 32.3 Å². The molecule has 2 heterocycles. The van der Waals surface area contributed by atoms with Crippen molar-refractivity contribution >= 4 is 33.2 Å². The van der Waals surface area contributed by atoms with Crippen LogP contribution in [0.15, 0.2) is 21.0 Å². The lowest BCUT2D eigenvalue weighted by Gasteiger charge is -2.00. The molecule has 0 fully saturated rings. The molecule has 0 atom stereocenters. The predicted octanol–water partition coefficient (Wildman–Crippen LogP) is 0.990. The lowest BCUT2D eigenvalue weighted by molar-refractivity contribution is 0.690. The first-order valence-electron chi connectivity index (χ1n) is 4.00. The van der Waals surface area contributed by atoms with Gasteiger partial charge in [0.05, 0.1) is 5.52 Å². The van der Waals surface area contributed by atoms with Crippen LogP contribution in [0.3, 0.4) is 0 Å². The van der Waals surface area contributed by atoms with E-state index in [2.05, 4.69) is 4.98 Å². The highest BCUT2D eigenvalue weighted by Gasteiger charge is 2.07. The zero-order chi connectivity index (χ0) is 10.1. The Morgan fingerprint density at radius 2 is 2.29 bits per heavy atom. The molecule has 2 rings (SSSR count). The highest BCUT2D eigenvalue weighted by atomic mass is 35.5. The summed E-state index contributed by atoms with van der Waals surface area (Å²) in [5.41, 5.74) is -0.0724. The molecule has 6 heteroatoms. The fourth-order valence-electron chi connectivity index (χ4n) is 1.26. The normalized spacial score (nSPS) is 10.9. The van der Waals surface area contributed by atoms with E-state index in [0.717, 1.165) is 4.57 Å². The molecule has 0 saturated carbocycles. The first-order chi connectivity index (χ1) is 6.74. The number of hydrogen-bond acceptors (Lipinski definition) is 3. The van der Waals surface area contributed by atoms with Crippen molar-refractivity contribution in [1.82, 2.24) is 9.55 Å². The average Bonchev–Trinajstić information content (AvgIpc) is 2.60. The van der Waals surface area contributed by atoms with Crippen molar-refractivity contribution in [3.8, 4) is 0 Å². The van der Waals surface area contributed by atoms with Gasteiger partial charge in [-0.05, 0) is 11.4 Å². The third kappa shape index (κ3) is 1.38. The summed E-state index contributed by atoms with van der Waals surface area (Å²) in [6.45, 7) is 0.240. The Hall–Kier alpha value is -1.07. The third-order valence-corrected chi connectivity index (χ3v) is 2.97. The lowest BCUT2D eigenvalue weighted by Crippen LogP contribution is -2.34. The van der Waals surface area contributed by atoms with Gasteiger partial charge < -0.3 is 4.98 Å². The number of halogens is 1. The fourth-order valence-corrected chi connectivity index (χ4v) is 2.22. The lowest BCUT2D eigenvalue weighted by atomic mass is 10.4. The molecular weight excluding hydrogens is 224 g/mol. The zero-order valence-corrected chi connectivity index (χ0v) is 8.69. The molecule has 14 heavy (non-hydrogen) atoms. The van der Waals surface area contributed by atoms with E-state index in [0.29, 0.717) is 10.2 Å². The average molecular weight is 231 g/mol. The summed E-state index contributed by atoms with van der Waals surface area (Å²) in [5, 5.41) is 1.77. The molecule has 0 spiro atoms. The predicted molar refractivity (Wildman–Crippen MR) is 57.4 cm³/mol. The molecule has 0 aliphatic carbocycles. The third-order valence-electron chi connectivity index (χ3n) is 1.90. The summed E-state index contributed by atoms with van der Waals surface area (Å²) in [6, 6.07) is 1.72. The van der Waals surface area contributed by atoms with Gasteiger partial charge in [0.25, 0.3) is 5.56 Å². The van der Waals surface area contributed by atoms with Gasteiger partial charge >= 0.3 is 5.69 Å². The smallest absolute Gasteiger partial charge is 0.306 e. The molecule has 4 nitrogen and oxygen atoms in total. The van der Waals surface area contributed by atoms with Gasteiger partial charge in [-0.15, -0.1) is 22.9 Å². The molecule has 74 valence electrons. The summed E-state index contributed by atoms with van der Waals surface area (Å²) in [7, 11) is 0. The SMILES string of the molecule is O=c1[nH]c2ccsc2c(=O)n1CCCl. The minimum atomic E-state index is -0.401. The van der Waals surface area contributed by atoms with E-state index in [1.807, 2.05) is 0 Å². The molecule has 0 aliphatic heterocycles. The maximum Gasteiger partial charge on any atom is 0.328 e. The first kappa shape index (κ1) is 9.48. The van der Waals surface area contributed by atoms with Crippen molar-refractivity contribution < 1.29 is 0 Å². The molecular formula is C8H7ClN2O2S. The molecule has 0 aromatic carbocycles. The van der Waals surface area contributed by atoms with Crippen molar-refractivity contribution in [2.45, 2.75) is 6.54 Å². The Bertz CT molecular complexity index is 568. The number of alkyl halides is 1. The maximum absolute atomic E-state index is 11.7. The van der Waals surface area contributed by atoms with Gasteiger partial charge in [0, 0.05) is 12.4 Å². The number of aromatic nitrogens is 2. The van der Waals surface area contributed by atoms with Crippen LogP contribution in [0.2, 0.25) is 0 Å². The van der Waals surface area contributed by atoms with Crippen LogP contribution in [0.1, 0.15) is 0 Å². The van der Waals surface area contributed by atoms with Gasteiger partial charge in [-0.3, -0.25) is 9.36 Å². The number of nitrogens with zero attached hydrogens (tertiary/aromatic N) is 1. The Morgan fingerprint density at radius 1 is 1.50 bits per heavy atom. The van der Waals surface area contributed by atoms with Crippen molar-refractivity contribution in [1.29, 1.82) is 0 Å². The Labute approximate surface area is 87.8 Å². The van der Waals surface area contributed by atoms with Crippen LogP contribution in [-0.2, 0) is 6.54 Å². The van der Waals surface area contributed by atoms with Gasteiger partial charge in [0.15, 0.2) is 0 Å². The van der Waals surface area contributed by atoms with Crippen LogP contribution < -0.4 is 11.2 Å². The molecule has 0 radical (unpaired) electrons. The Balaban J connectivity index is 2.83. The quantitative estimate of drug-likeness (QED) is 0.783. The summed E-state index contributed by atoms with van der Waals surface area (Å²) >= 11 is 6.81. The van der Waals surface area contributed by atoms with Crippen molar-refractivity contribution in [3.63, 3.8) is 0 Å². The molecule has 0 unspecified atom stereocenters. The van der Waals surface area contributed by atoms with Crippen molar-refractivity contribution in [2.24, 2.45) is 0 Å². The number of thiophene rings is 1. The molecule has 0 bridgehead atoms. The largest absolute Gasteiger partial charge is 0.328 e. The summed E-state index contributed by atoms with van der Waals surface area (Å²) < 4.78 is 1.68. The van der Waals surface area contributed by atoms with Crippen LogP contribution in [0.5, 0.6) is 0 Å². The first-order valence-corrected chi connectivity index (χ1v) is 5.41. The van der Waals surface area contributed by atoms with Crippen LogP contribution in [0.4, 0.5) is 0 Å². The number of fused-ring (bicyclic) bond motifs is 1. The number of aromatic amines is 1. The summed E-state index contributed by atoms with van der Waals surface area (Å²) in [5.74, 6) is 0.250. The number of nitrogens with one attached hydrogen (secondary N) is 1. The minimum Gasteiger partial charge on any atom is -0.306 e. The number of rotatable bonds is 2. The van der Waals surface area contributed by atoms with E-state index in [1.165, 1.54) is 11.3 Å². The number of hydrogen-bond donors (Lipinski definition) is 1. The van der Waals surface area contributed by atoms with Gasteiger partial charge in [0.2, 0.25) is 0 Å². The molecule has 2 aromatic rings. The highest BCUT2D eigenvalue weighted by Crippen LogP contribution is 2.11. The molecule has 1 N–H and O–H groups in total. The van der Waals surface area contributed by atoms with Gasteiger partial charge in [-0.1, -0.05) is 0 Å². The summed E-state index contributed by atoms with van der Waals surface area (Å²) in [6.07, 6.45) is 0. The number of H-pyrrole nitrogens is 1. The Morgan fingerprint density at radius 3 is 3.00 bits per heavy atom. The van der Waals surface area contributed by atoms with Gasteiger partial charge in [0.1, 0.15) is 4.70 Å². The second-order valence-corrected chi connectivity index (χ2v) is 4.03. The topological polar surface area (TPSA) is 54.9 Å². The van der Waals surface area contributed by atoms with E-state index in [1.54, 1.807) is 11.4 Å². The van der Waals surface area contributed by atoms with E-state index in [4.69, 9.17) is 11.6 Å². The molecule has 0 saturated heterocycles. The second-order valence-electron chi connectivity index (χ2n) is 2.74. The van der Waals surface area contributed by atoms with E-state index < -0.39 is 5.69 Å². The van der Waals surface area contributed by atoms with Crippen LogP contribution >= 0.6 is 22.9 Å². The van der Waals surface area contributed by atoms with Crippen LogP contribution in [0, 0.1) is 0 Å². The minimum absolute atomic E-state index is 0.240. The molecule has 0 aliphatic rings. The second kappa shape index (κ2) is 3.59. The van der Waals surface area contributed by atoms with Gasteiger partial charge in [-0.25, -0.2) is 4.79 Å². The van der Waals surface area contributed by atoms with E-state index >= 15 is 0 Å². The monoisotopic (exact) mass is 230 g/mol. The zero-order valence-electron chi connectivity index (χ0n) is 7.12. The van der Waals surface area contributed by atoms with Crippen molar-refractivity contribution in [2.75, 3.05) is 5.88 Å². The molecule has 0 amide bonds. The maximum atomic E-state index is 11.7. The summed E-state index contributed by atoms with van der Waals surface area (Å²) in [4.78, 5) is 25.7. The Kier molecular flexibility index (Phi) is 2.43. The van der Waals surface area contributed by atoms with E-state index in [9.17, 15) is 9.59 Å². The standard InChI is InChI=1S/C8H7ClN2O2S/c9-2-3-11-7(12)6-5(1-4-14-6)10-8(11)13/h1,4H,2-3H2,(H,10,13).